The zero-order valence-corrected chi connectivity index (χ0v) is 23.2. The summed E-state index contributed by atoms with van der Waals surface area (Å²) in [7, 11) is 2.92. The number of piperazine rings is 1. The second-order valence-electron chi connectivity index (χ2n) is 9.35. The lowest BCUT2D eigenvalue weighted by atomic mass is 9.88. The Hall–Kier alpha value is -3.18. The summed E-state index contributed by atoms with van der Waals surface area (Å²) in [6.45, 7) is 8.54. The molecule has 1 atom stereocenters. The fraction of sp³-hybridized carbons (Fsp3) is 0.630. The normalized spacial score (nSPS) is 19.6. The van der Waals surface area contributed by atoms with Gasteiger partial charge in [0.2, 0.25) is 11.8 Å². The number of carbonyl (C=O) groups excluding carboxylic acids is 4. The zero-order chi connectivity index (χ0) is 28.2. The number of carbonyl (C=O) groups is 4. The average Bonchev–Trinajstić information content (AvgIpc) is 3.04. The van der Waals surface area contributed by atoms with Crippen molar-refractivity contribution in [3.05, 3.63) is 29.3 Å². The minimum absolute atomic E-state index is 0.0206. The number of hydrogen-bond donors (Lipinski definition) is 2. The molecule has 0 bridgehead atoms. The number of ether oxygens (including phenoxy) is 1. The highest BCUT2D eigenvalue weighted by Crippen LogP contribution is 2.27. The van der Waals surface area contributed by atoms with E-state index in [1.54, 1.807) is 17.9 Å². The number of hydrogen-bond acceptors (Lipinski definition) is 7. The first kappa shape index (κ1) is 31.0. The largest absolute Gasteiger partial charge is 0.375 e. The number of nitrogens with zero attached hydrogens (tertiary/aromatic N) is 3. The monoisotopic (exact) mass is 534 g/mol. The molecular weight excluding hydrogens is 492 g/mol. The summed E-state index contributed by atoms with van der Waals surface area (Å²) >= 11 is 0. The minimum Gasteiger partial charge on any atom is -0.375 e. The van der Waals surface area contributed by atoms with Crippen LogP contribution in [0.1, 0.15) is 74.8 Å². The van der Waals surface area contributed by atoms with Crippen molar-refractivity contribution < 1.29 is 34.1 Å². The predicted molar refractivity (Wildman–Crippen MR) is 142 cm³/mol. The first-order chi connectivity index (χ1) is 18.3. The van der Waals surface area contributed by atoms with E-state index in [2.05, 4.69) is 10.2 Å². The van der Waals surface area contributed by atoms with Gasteiger partial charge in [-0.25, -0.2) is 10.1 Å². The van der Waals surface area contributed by atoms with Gasteiger partial charge in [-0.05, 0) is 37.5 Å². The fourth-order valence-electron chi connectivity index (χ4n) is 4.79. The van der Waals surface area contributed by atoms with E-state index < -0.39 is 11.9 Å². The number of imide groups is 1. The molecule has 1 aromatic carbocycles. The molecule has 5 amide bonds. The van der Waals surface area contributed by atoms with E-state index in [4.69, 9.17) is 9.99 Å². The first-order valence-electron chi connectivity index (χ1n) is 13.4. The summed E-state index contributed by atoms with van der Waals surface area (Å²) in [6.07, 6.45) is 5.72. The van der Waals surface area contributed by atoms with Gasteiger partial charge in [0, 0.05) is 51.8 Å². The van der Waals surface area contributed by atoms with Gasteiger partial charge >= 0.3 is 6.03 Å². The summed E-state index contributed by atoms with van der Waals surface area (Å²) in [5.41, 5.74) is 1.03. The van der Waals surface area contributed by atoms with Crippen LogP contribution in [0.4, 0.5) is 4.79 Å². The van der Waals surface area contributed by atoms with Crippen molar-refractivity contribution in [3.8, 4) is 5.75 Å². The van der Waals surface area contributed by atoms with Crippen LogP contribution in [0.5, 0.6) is 5.75 Å². The molecule has 38 heavy (non-hydrogen) atoms. The van der Waals surface area contributed by atoms with Crippen molar-refractivity contribution in [2.45, 2.75) is 58.9 Å². The number of nitrogens with one attached hydrogen (secondary N) is 1. The molecule has 0 aromatic heterocycles. The van der Waals surface area contributed by atoms with E-state index in [1.165, 1.54) is 45.6 Å². The van der Waals surface area contributed by atoms with Gasteiger partial charge < -0.3 is 24.7 Å². The van der Waals surface area contributed by atoms with Crippen LogP contribution >= 0.6 is 0 Å². The van der Waals surface area contributed by atoms with Crippen LogP contribution in [0.3, 0.4) is 0 Å². The van der Waals surface area contributed by atoms with Crippen LogP contribution in [0.25, 0.3) is 0 Å². The molecule has 1 aromatic rings. The number of fused-ring (bicyclic) bond motifs is 1. The molecule has 1 unspecified atom stereocenters. The summed E-state index contributed by atoms with van der Waals surface area (Å²) in [5, 5.41) is 11.3. The molecule has 0 spiro atoms. The topological polar surface area (TPSA) is 129 Å². The highest BCUT2D eigenvalue weighted by atomic mass is 17.1. The Kier molecular flexibility index (Phi) is 12.5. The summed E-state index contributed by atoms with van der Waals surface area (Å²) in [4.78, 5) is 56.4. The number of benzene rings is 1. The molecule has 11 nitrogen and oxygen atoms in total. The van der Waals surface area contributed by atoms with E-state index >= 15 is 0 Å². The lowest BCUT2D eigenvalue weighted by molar-refractivity contribution is -0.144. The predicted octanol–water partition coefficient (Wildman–Crippen LogP) is 3.30. The molecule has 2 heterocycles. The van der Waals surface area contributed by atoms with Crippen LogP contribution in [0.2, 0.25) is 0 Å². The van der Waals surface area contributed by atoms with E-state index in [0.29, 0.717) is 43.2 Å². The van der Waals surface area contributed by atoms with Gasteiger partial charge in [-0.15, -0.1) is 0 Å². The molecule has 0 radical (unpaired) electrons. The molecule has 11 heteroatoms. The second kappa shape index (κ2) is 15.3. The molecule has 2 aliphatic heterocycles. The van der Waals surface area contributed by atoms with Gasteiger partial charge in [-0.1, -0.05) is 39.2 Å². The third-order valence-electron chi connectivity index (χ3n) is 6.94. The maximum Gasteiger partial charge on any atom is 0.324 e. The standard InChI is InChI=1S/C14H24N2O3.C11H12N2O4.C2H6/c1-19-11-13(17)15-7-9-16(10-8-15)14(18)12-5-3-2-4-6-12;1-6-8-4-3-7(17-16)5-9(8)10(14)13(2)11(15)12-6;1-2/h12H,2-11H2,1H3;3-6,16H,1-2H3,(H,12,15);1-2H3. The van der Waals surface area contributed by atoms with E-state index in [-0.39, 0.29) is 30.2 Å². The van der Waals surface area contributed by atoms with Crippen molar-refractivity contribution in [1.82, 2.24) is 20.0 Å². The third-order valence-corrected chi connectivity index (χ3v) is 6.94. The van der Waals surface area contributed by atoms with Crippen LogP contribution in [-0.2, 0) is 14.3 Å². The van der Waals surface area contributed by atoms with Crippen molar-refractivity contribution in [2.75, 3.05) is 46.9 Å². The van der Waals surface area contributed by atoms with Crippen molar-refractivity contribution in [1.29, 1.82) is 0 Å². The van der Waals surface area contributed by atoms with E-state index in [1.807, 2.05) is 18.7 Å². The second-order valence-corrected chi connectivity index (χ2v) is 9.35. The Labute approximate surface area is 225 Å². The number of rotatable bonds is 4. The van der Waals surface area contributed by atoms with Crippen LogP contribution in [0, 0.1) is 5.92 Å². The first-order valence-corrected chi connectivity index (χ1v) is 13.4. The van der Waals surface area contributed by atoms with Gasteiger partial charge in [0.25, 0.3) is 5.91 Å². The van der Waals surface area contributed by atoms with Gasteiger partial charge in [0.05, 0.1) is 6.04 Å². The highest BCUT2D eigenvalue weighted by Gasteiger charge is 2.30. The fourth-order valence-corrected chi connectivity index (χ4v) is 4.79. The molecule has 212 valence electrons. The Morgan fingerprint density at radius 2 is 1.63 bits per heavy atom. The maximum absolute atomic E-state index is 12.4. The summed E-state index contributed by atoms with van der Waals surface area (Å²) in [6, 6.07) is 3.85. The lowest BCUT2D eigenvalue weighted by Crippen LogP contribution is -2.52. The summed E-state index contributed by atoms with van der Waals surface area (Å²) < 4.78 is 4.85. The number of urea groups is 1. The quantitative estimate of drug-likeness (QED) is 0.448. The van der Waals surface area contributed by atoms with Crippen molar-refractivity contribution in [3.63, 3.8) is 0 Å². The average molecular weight is 535 g/mol. The Balaban J connectivity index is 0.000000252. The number of amides is 5. The molecule has 1 aliphatic carbocycles. The zero-order valence-electron chi connectivity index (χ0n) is 23.2. The minimum atomic E-state index is -0.454. The van der Waals surface area contributed by atoms with E-state index in [0.717, 1.165) is 17.7 Å². The van der Waals surface area contributed by atoms with Gasteiger partial charge in [0.1, 0.15) is 6.61 Å². The van der Waals surface area contributed by atoms with Crippen molar-refractivity contribution >= 4 is 23.8 Å². The Bertz CT molecular complexity index is 957. The highest BCUT2D eigenvalue weighted by molar-refractivity contribution is 6.06. The van der Waals surface area contributed by atoms with Crippen LogP contribution in [-0.4, -0.2) is 90.7 Å². The Morgan fingerprint density at radius 3 is 2.21 bits per heavy atom. The summed E-state index contributed by atoms with van der Waals surface area (Å²) in [5.74, 6) is 0.286. The molecule has 1 saturated carbocycles. The van der Waals surface area contributed by atoms with Crippen LogP contribution in [0.15, 0.2) is 18.2 Å². The third kappa shape index (κ3) is 7.91. The molecule has 4 rings (SSSR count). The molecule has 2 N–H and O–H groups in total. The molecular formula is C27H42N4O7. The Morgan fingerprint density at radius 1 is 1.03 bits per heavy atom. The van der Waals surface area contributed by atoms with Gasteiger partial charge in [0.15, 0.2) is 5.75 Å². The van der Waals surface area contributed by atoms with Gasteiger partial charge in [-0.2, -0.15) is 0 Å². The smallest absolute Gasteiger partial charge is 0.324 e. The van der Waals surface area contributed by atoms with E-state index in [9.17, 15) is 19.2 Å². The SMILES string of the molecule is CC.CC1NC(=O)N(C)C(=O)c2cc(OO)ccc21.COCC(=O)N1CCN(C(=O)C2CCCCC2)CC1. The molecule has 2 fully saturated rings. The van der Waals surface area contributed by atoms with Gasteiger partial charge in [-0.3, -0.25) is 19.3 Å². The molecule has 3 aliphatic rings. The maximum atomic E-state index is 12.4. The molecule has 1 saturated heterocycles. The van der Waals surface area contributed by atoms with Crippen molar-refractivity contribution in [2.24, 2.45) is 5.92 Å². The van der Waals surface area contributed by atoms with Crippen LogP contribution < -0.4 is 10.2 Å². The lowest BCUT2D eigenvalue weighted by Gasteiger charge is -2.37. The number of methoxy groups -OCH3 is 1.